The zero-order valence-corrected chi connectivity index (χ0v) is 8.14. The van der Waals surface area contributed by atoms with Crippen molar-refractivity contribution in [1.29, 1.82) is 0 Å². The topological polar surface area (TPSA) is 70.0 Å². The number of alkyl halides is 2. The average molecular weight is 229 g/mol. The van der Waals surface area contributed by atoms with Crippen molar-refractivity contribution in [2.24, 2.45) is 5.11 Å². The van der Waals surface area contributed by atoms with E-state index in [1.165, 1.54) is 0 Å². The molecular formula is C6H11ClF2N4O. The van der Waals surface area contributed by atoms with Crippen LogP contribution >= 0.6 is 12.4 Å². The van der Waals surface area contributed by atoms with Gasteiger partial charge < -0.3 is 10.1 Å². The van der Waals surface area contributed by atoms with Crippen LogP contribution in [-0.4, -0.2) is 38.3 Å². The number of azide groups is 1. The summed E-state index contributed by atoms with van der Waals surface area (Å²) >= 11 is 0. The van der Waals surface area contributed by atoms with E-state index in [2.05, 4.69) is 15.3 Å². The van der Waals surface area contributed by atoms with E-state index < -0.39 is 18.6 Å². The van der Waals surface area contributed by atoms with Gasteiger partial charge in [0.15, 0.2) is 0 Å². The Morgan fingerprint density at radius 2 is 2.36 bits per heavy atom. The van der Waals surface area contributed by atoms with Crippen molar-refractivity contribution in [2.45, 2.75) is 12.0 Å². The molecule has 0 amide bonds. The van der Waals surface area contributed by atoms with Crippen molar-refractivity contribution in [2.75, 3.05) is 26.2 Å². The van der Waals surface area contributed by atoms with Gasteiger partial charge in [0.1, 0.15) is 6.10 Å². The van der Waals surface area contributed by atoms with Gasteiger partial charge in [-0.3, -0.25) is 0 Å². The molecule has 1 unspecified atom stereocenters. The van der Waals surface area contributed by atoms with Crippen LogP contribution in [-0.2, 0) is 4.74 Å². The Morgan fingerprint density at radius 3 is 3.00 bits per heavy atom. The van der Waals surface area contributed by atoms with Gasteiger partial charge >= 0.3 is 0 Å². The predicted molar refractivity (Wildman–Crippen MR) is 48.8 cm³/mol. The van der Waals surface area contributed by atoms with Gasteiger partial charge in [0.05, 0.1) is 19.7 Å². The molecule has 1 fully saturated rings. The summed E-state index contributed by atoms with van der Waals surface area (Å²) < 4.78 is 31.0. The maximum absolute atomic E-state index is 13.1. The van der Waals surface area contributed by atoms with Crippen LogP contribution < -0.4 is 5.32 Å². The maximum Gasteiger partial charge on any atom is 0.285 e. The van der Waals surface area contributed by atoms with Crippen molar-refractivity contribution in [3.05, 3.63) is 10.4 Å². The number of hydrogen-bond donors (Lipinski definition) is 1. The van der Waals surface area contributed by atoms with Gasteiger partial charge in [-0.05, 0) is 5.53 Å². The van der Waals surface area contributed by atoms with Crippen LogP contribution in [0.2, 0.25) is 0 Å². The second-order valence-corrected chi connectivity index (χ2v) is 2.71. The Kier molecular flexibility index (Phi) is 5.71. The van der Waals surface area contributed by atoms with E-state index in [4.69, 9.17) is 10.3 Å². The molecule has 1 saturated heterocycles. The van der Waals surface area contributed by atoms with E-state index in [0.29, 0.717) is 6.54 Å². The minimum Gasteiger partial charge on any atom is -0.370 e. The lowest BCUT2D eigenvalue weighted by Crippen LogP contribution is -2.42. The molecule has 1 atom stereocenters. The van der Waals surface area contributed by atoms with E-state index >= 15 is 0 Å². The fourth-order valence-electron chi connectivity index (χ4n) is 1.06. The highest BCUT2D eigenvalue weighted by Gasteiger charge is 2.40. The van der Waals surface area contributed by atoms with Crippen LogP contribution in [0, 0.1) is 0 Å². The molecule has 1 aliphatic rings. The molecule has 0 saturated carbocycles. The molecule has 0 aromatic carbocycles. The number of rotatable bonds is 2. The summed E-state index contributed by atoms with van der Waals surface area (Å²) in [5.74, 6) is -2.97. The molecule has 5 nitrogen and oxygen atoms in total. The van der Waals surface area contributed by atoms with E-state index in [-0.39, 0.29) is 25.6 Å². The zero-order valence-electron chi connectivity index (χ0n) is 7.32. The summed E-state index contributed by atoms with van der Waals surface area (Å²) in [4.78, 5) is 2.42. The third-order valence-electron chi connectivity index (χ3n) is 1.74. The molecule has 14 heavy (non-hydrogen) atoms. The Hall–Kier alpha value is -0.620. The first-order valence-electron chi connectivity index (χ1n) is 3.88. The number of nitrogens with one attached hydrogen (secondary N) is 1. The number of hydrogen-bond acceptors (Lipinski definition) is 3. The van der Waals surface area contributed by atoms with Crippen molar-refractivity contribution < 1.29 is 13.5 Å². The van der Waals surface area contributed by atoms with Gasteiger partial charge in [0.2, 0.25) is 0 Å². The van der Waals surface area contributed by atoms with E-state index in [1.54, 1.807) is 0 Å². The summed E-state index contributed by atoms with van der Waals surface area (Å²) in [6.07, 6.45) is -1.31. The molecule has 0 aliphatic carbocycles. The quantitative estimate of drug-likeness (QED) is 0.440. The minimum atomic E-state index is -2.97. The Balaban J connectivity index is 0.00000169. The van der Waals surface area contributed by atoms with Gasteiger partial charge in [-0.2, -0.15) is 0 Å². The first-order chi connectivity index (χ1) is 6.17. The van der Waals surface area contributed by atoms with Gasteiger partial charge in [0, 0.05) is 11.5 Å². The normalized spacial score (nSPS) is 25.4. The first-order valence-corrected chi connectivity index (χ1v) is 3.88. The van der Waals surface area contributed by atoms with Crippen molar-refractivity contribution >= 4 is 12.4 Å². The zero-order chi connectivity index (χ0) is 9.73. The van der Waals surface area contributed by atoms with Gasteiger partial charge in [-0.1, -0.05) is 5.11 Å². The molecule has 0 aromatic rings. The van der Waals surface area contributed by atoms with Crippen LogP contribution in [0.25, 0.3) is 10.4 Å². The molecule has 1 heterocycles. The lowest BCUT2D eigenvalue weighted by atomic mass is 10.2. The average Bonchev–Trinajstić information content (AvgIpc) is 2.23. The molecule has 0 bridgehead atoms. The van der Waals surface area contributed by atoms with E-state index in [0.717, 1.165) is 0 Å². The molecule has 1 N–H and O–H groups in total. The van der Waals surface area contributed by atoms with Gasteiger partial charge in [-0.25, -0.2) is 8.78 Å². The van der Waals surface area contributed by atoms with Crippen molar-refractivity contribution in [1.82, 2.24) is 5.32 Å². The lowest BCUT2D eigenvalue weighted by Gasteiger charge is -2.22. The third-order valence-corrected chi connectivity index (χ3v) is 1.74. The minimum absolute atomic E-state index is 0. The second kappa shape index (κ2) is 5.98. The molecule has 8 heteroatoms. The lowest BCUT2D eigenvalue weighted by molar-refractivity contribution is -0.115. The van der Waals surface area contributed by atoms with Crippen LogP contribution in [0.1, 0.15) is 0 Å². The SMILES string of the molecule is Cl.[N-]=[N+]=NCC1OCCNCC1(F)F. The van der Waals surface area contributed by atoms with Crippen LogP contribution in [0.15, 0.2) is 5.11 Å². The van der Waals surface area contributed by atoms with Crippen molar-refractivity contribution in [3.8, 4) is 0 Å². The second-order valence-electron chi connectivity index (χ2n) is 2.71. The Labute approximate surface area is 85.8 Å². The van der Waals surface area contributed by atoms with Crippen LogP contribution in [0.4, 0.5) is 8.78 Å². The molecule has 0 aromatic heterocycles. The highest BCUT2D eigenvalue weighted by molar-refractivity contribution is 5.85. The predicted octanol–water partition coefficient (Wildman–Crippen LogP) is 1.34. The molecule has 1 aliphatic heterocycles. The highest BCUT2D eigenvalue weighted by atomic mass is 35.5. The standard InChI is InChI=1S/C6H10F2N4O.ClH/c7-6(8)4-10-1-2-13-5(6)3-11-12-9;/h5,10H,1-4H2;1H. The summed E-state index contributed by atoms with van der Waals surface area (Å²) in [5.41, 5.74) is 7.98. The fraction of sp³-hybridized carbons (Fsp3) is 1.00. The number of ether oxygens (including phenoxy) is 1. The summed E-state index contributed by atoms with van der Waals surface area (Å²) in [7, 11) is 0. The van der Waals surface area contributed by atoms with Crippen molar-refractivity contribution in [3.63, 3.8) is 0 Å². The molecule has 1 rings (SSSR count). The van der Waals surface area contributed by atoms with Gasteiger partial charge in [-0.15, -0.1) is 12.4 Å². The fourth-order valence-corrected chi connectivity index (χ4v) is 1.06. The molecule has 0 spiro atoms. The van der Waals surface area contributed by atoms with Crippen LogP contribution in [0.5, 0.6) is 0 Å². The number of nitrogens with zero attached hydrogens (tertiary/aromatic N) is 3. The number of halogens is 3. The van der Waals surface area contributed by atoms with E-state index in [1.807, 2.05) is 0 Å². The largest absolute Gasteiger partial charge is 0.370 e. The van der Waals surface area contributed by atoms with Gasteiger partial charge in [0.25, 0.3) is 5.92 Å². The maximum atomic E-state index is 13.1. The first kappa shape index (κ1) is 13.4. The third kappa shape index (κ3) is 3.63. The summed E-state index contributed by atoms with van der Waals surface area (Å²) in [5, 5.41) is 5.61. The summed E-state index contributed by atoms with van der Waals surface area (Å²) in [6, 6.07) is 0. The Morgan fingerprint density at radius 1 is 1.64 bits per heavy atom. The molecule has 0 radical (unpaired) electrons. The molecular weight excluding hydrogens is 218 g/mol. The van der Waals surface area contributed by atoms with E-state index in [9.17, 15) is 8.78 Å². The van der Waals surface area contributed by atoms with Crippen LogP contribution in [0.3, 0.4) is 0 Å². The monoisotopic (exact) mass is 228 g/mol. The Bertz CT molecular complexity index is 222. The highest BCUT2D eigenvalue weighted by Crippen LogP contribution is 2.22. The summed E-state index contributed by atoms with van der Waals surface area (Å²) in [6.45, 7) is -0.159. The molecule has 82 valence electrons. The smallest absolute Gasteiger partial charge is 0.285 e.